The number of rotatable bonds is 10. The molecule has 0 radical (unpaired) electrons. The molecule has 2 aromatic carbocycles. The molecule has 0 fully saturated rings. The van der Waals surface area contributed by atoms with Crippen LogP contribution in [0.3, 0.4) is 0 Å². The fourth-order valence-corrected chi connectivity index (χ4v) is 4.41. The van der Waals surface area contributed by atoms with Crippen LogP contribution in [0.5, 0.6) is 0 Å². The highest BCUT2D eigenvalue weighted by molar-refractivity contribution is 5.94. The molecule has 1 amide bonds. The van der Waals surface area contributed by atoms with Crippen molar-refractivity contribution < 1.29 is 14.7 Å². The normalized spacial score (nSPS) is 11.7. The fraction of sp³-hybridized carbons (Fsp3) is 0.440. The highest BCUT2D eigenvalue weighted by Gasteiger charge is 2.34. The molecule has 2 rings (SSSR count). The predicted molar refractivity (Wildman–Crippen MR) is 117 cm³/mol. The molecular formula is C25H33NO3. The van der Waals surface area contributed by atoms with E-state index in [0.29, 0.717) is 35.9 Å². The van der Waals surface area contributed by atoms with Gasteiger partial charge in [-0.1, -0.05) is 64.1 Å². The SMILES string of the molecule is CC(C)CC(CNC(=O)c1ccccc1)(Cc1ccccc1C(=O)O)CC(C)C. The molecule has 4 heteroatoms. The van der Waals surface area contributed by atoms with E-state index in [1.165, 1.54) is 0 Å². The van der Waals surface area contributed by atoms with Crippen molar-refractivity contribution >= 4 is 11.9 Å². The van der Waals surface area contributed by atoms with Crippen LogP contribution in [0, 0.1) is 17.3 Å². The molecule has 0 atom stereocenters. The molecule has 0 unspecified atom stereocenters. The lowest BCUT2D eigenvalue weighted by Gasteiger charge is -2.38. The number of carboxylic acid groups (broad SMARTS) is 1. The van der Waals surface area contributed by atoms with Gasteiger partial charge in [-0.25, -0.2) is 4.79 Å². The van der Waals surface area contributed by atoms with Crippen molar-refractivity contribution in [1.29, 1.82) is 0 Å². The fourth-order valence-electron chi connectivity index (χ4n) is 4.41. The monoisotopic (exact) mass is 395 g/mol. The summed E-state index contributed by atoms with van der Waals surface area (Å²) in [5.74, 6) is -0.135. The van der Waals surface area contributed by atoms with Crippen molar-refractivity contribution in [1.82, 2.24) is 5.32 Å². The van der Waals surface area contributed by atoms with Crippen molar-refractivity contribution in [2.75, 3.05) is 6.54 Å². The van der Waals surface area contributed by atoms with E-state index in [9.17, 15) is 14.7 Å². The number of carboxylic acids is 1. The Kier molecular flexibility index (Phi) is 8.00. The summed E-state index contributed by atoms with van der Waals surface area (Å²) in [6.07, 6.45) is 2.45. The van der Waals surface area contributed by atoms with Crippen LogP contribution < -0.4 is 5.32 Å². The number of carbonyl (C=O) groups excluding carboxylic acids is 1. The summed E-state index contributed by atoms with van der Waals surface area (Å²) in [7, 11) is 0. The number of benzene rings is 2. The maximum absolute atomic E-state index is 12.7. The number of amides is 1. The Bertz CT molecular complexity index is 802. The van der Waals surface area contributed by atoms with Crippen LogP contribution in [0.2, 0.25) is 0 Å². The molecule has 0 aliphatic heterocycles. The van der Waals surface area contributed by atoms with Gasteiger partial charge in [0.15, 0.2) is 0 Å². The number of carbonyl (C=O) groups is 2. The Morgan fingerprint density at radius 2 is 1.45 bits per heavy atom. The van der Waals surface area contributed by atoms with Gasteiger partial charge in [-0.2, -0.15) is 0 Å². The minimum Gasteiger partial charge on any atom is -0.478 e. The molecule has 2 N–H and O–H groups in total. The summed E-state index contributed by atoms with van der Waals surface area (Å²) < 4.78 is 0. The molecule has 0 aliphatic rings. The van der Waals surface area contributed by atoms with Crippen LogP contribution in [0.15, 0.2) is 54.6 Å². The number of nitrogens with one attached hydrogen (secondary N) is 1. The lowest BCUT2D eigenvalue weighted by molar-refractivity contribution is 0.0692. The van der Waals surface area contributed by atoms with E-state index >= 15 is 0 Å². The first kappa shape index (κ1) is 22.7. The maximum atomic E-state index is 12.7. The lowest BCUT2D eigenvalue weighted by atomic mass is 9.69. The molecule has 0 bridgehead atoms. The van der Waals surface area contributed by atoms with Gasteiger partial charge in [0.1, 0.15) is 0 Å². The Morgan fingerprint density at radius 1 is 0.897 bits per heavy atom. The Balaban J connectivity index is 2.34. The average Bonchev–Trinajstić information content (AvgIpc) is 2.66. The molecule has 156 valence electrons. The van der Waals surface area contributed by atoms with E-state index in [2.05, 4.69) is 33.0 Å². The molecule has 29 heavy (non-hydrogen) atoms. The van der Waals surface area contributed by atoms with Crippen molar-refractivity contribution in [2.24, 2.45) is 17.3 Å². The van der Waals surface area contributed by atoms with Crippen molar-refractivity contribution in [3.05, 3.63) is 71.3 Å². The zero-order valence-corrected chi connectivity index (χ0v) is 17.9. The first-order valence-corrected chi connectivity index (χ1v) is 10.4. The van der Waals surface area contributed by atoms with Gasteiger partial charge in [0.2, 0.25) is 0 Å². The zero-order valence-electron chi connectivity index (χ0n) is 17.9. The van der Waals surface area contributed by atoms with Gasteiger partial charge in [0.05, 0.1) is 5.56 Å². The van der Waals surface area contributed by atoms with Crippen molar-refractivity contribution in [3.8, 4) is 0 Å². The van der Waals surface area contributed by atoms with Gasteiger partial charge in [-0.3, -0.25) is 4.79 Å². The minimum absolute atomic E-state index is 0.0889. The maximum Gasteiger partial charge on any atom is 0.335 e. The highest BCUT2D eigenvalue weighted by atomic mass is 16.4. The van der Waals surface area contributed by atoms with E-state index in [1.807, 2.05) is 42.5 Å². The molecule has 0 aliphatic carbocycles. The highest BCUT2D eigenvalue weighted by Crippen LogP contribution is 2.37. The van der Waals surface area contributed by atoms with Crippen LogP contribution in [0.1, 0.15) is 66.8 Å². The molecule has 0 heterocycles. The van der Waals surface area contributed by atoms with E-state index in [4.69, 9.17) is 0 Å². The summed E-state index contributed by atoms with van der Waals surface area (Å²) in [5, 5.41) is 12.8. The predicted octanol–water partition coefficient (Wildman–Crippen LogP) is 5.44. The van der Waals surface area contributed by atoms with Gasteiger partial charge in [0.25, 0.3) is 5.91 Å². The standard InChI is InChI=1S/C25H33NO3/c1-18(2)14-25(15-19(3)4,16-21-12-8-9-13-22(21)24(28)29)17-26-23(27)20-10-6-5-7-11-20/h5-13,18-19H,14-17H2,1-4H3,(H,26,27)(H,28,29). The molecule has 4 nitrogen and oxygen atoms in total. The van der Waals surface area contributed by atoms with Gasteiger partial charge in [-0.15, -0.1) is 0 Å². The van der Waals surface area contributed by atoms with Crippen molar-refractivity contribution in [3.63, 3.8) is 0 Å². The summed E-state index contributed by atoms with van der Waals surface area (Å²) in [4.78, 5) is 24.4. The van der Waals surface area contributed by atoms with Crippen LogP contribution in [0.4, 0.5) is 0 Å². The summed E-state index contributed by atoms with van der Waals surface area (Å²) >= 11 is 0. The second kappa shape index (κ2) is 10.2. The number of hydrogen-bond donors (Lipinski definition) is 2. The Labute approximate surface area is 174 Å². The van der Waals surface area contributed by atoms with Gasteiger partial charge < -0.3 is 10.4 Å². The lowest BCUT2D eigenvalue weighted by Crippen LogP contribution is -2.41. The molecule has 2 aromatic rings. The second-order valence-electron chi connectivity index (χ2n) is 8.88. The average molecular weight is 396 g/mol. The molecular weight excluding hydrogens is 362 g/mol. The molecule has 0 spiro atoms. The molecule has 0 saturated heterocycles. The van der Waals surface area contributed by atoms with Gasteiger partial charge in [0, 0.05) is 12.1 Å². The van der Waals surface area contributed by atoms with Crippen molar-refractivity contribution in [2.45, 2.75) is 47.0 Å². The molecule has 0 saturated carbocycles. The van der Waals surface area contributed by atoms with Crippen LogP contribution in [-0.4, -0.2) is 23.5 Å². The van der Waals surface area contributed by atoms with Gasteiger partial charge >= 0.3 is 5.97 Å². The first-order chi connectivity index (χ1) is 13.7. The third-order valence-corrected chi connectivity index (χ3v) is 5.16. The number of aromatic carboxylic acids is 1. The van der Waals surface area contributed by atoms with Gasteiger partial charge in [-0.05, 0) is 60.3 Å². The smallest absolute Gasteiger partial charge is 0.335 e. The van der Waals surface area contributed by atoms with E-state index in [1.54, 1.807) is 12.1 Å². The molecule has 0 aromatic heterocycles. The Hall–Kier alpha value is -2.62. The summed E-state index contributed by atoms with van der Waals surface area (Å²) in [6, 6.07) is 16.4. The van der Waals surface area contributed by atoms with E-state index in [-0.39, 0.29) is 11.3 Å². The van der Waals surface area contributed by atoms with Crippen LogP contribution in [0.25, 0.3) is 0 Å². The summed E-state index contributed by atoms with van der Waals surface area (Å²) in [6.45, 7) is 9.23. The second-order valence-corrected chi connectivity index (χ2v) is 8.88. The Morgan fingerprint density at radius 3 is 2.00 bits per heavy atom. The van der Waals surface area contributed by atoms with E-state index < -0.39 is 5.97 Å². The largest absolute Gasteiger partial charge is 0.478 e. The van der Waals surface area contributed by atoms with Crippen LogP contribution in [-0.2, 0) is 6.42 Å². The third kappa shape index (κ3) is 6.74. The first-order valence-electron chi connectivity index (χ1n) is 10.4. The topological polar surface area (TPSA) is 66.4 Å². The quantitative estimate of drug-likeness (QED) is 0.563. The zero-order chi connectivity index (χ0) is 21.4. The van der Waals surface area contributed by atoms with Crippen LogP contribution >= 0.6 is 0 Å². The van der Waals surface area contributed by atoms with E-state index in [0.717, 1.165) is 18.4 Å². The third-order valence-electron chi connectivity index (χ3n) is 5.16. The number of hydrogen-bond acceptors (Lipinski definition) is 2. The minimum atomic E-state index is -0.906. The summed E-state index contributed by atoms with van der Waals surface area (Å²) in [5.41, 5.74) is 1.61.